The predicted molar refractivity (Wildman–Crippen MR) is 57.6 cm³/mol. The van der Waals surface area contributed by atoms with Crippen molar-refractivity contribution in [1.82, 2.24) is 10.2 Å². The van der Waals surface area contributed by atoms with Crippen LogP contribution in [-0.4, -0.2) is 36.1 Å². The van der Waals surface area contributed by atoms with Crippen LogP contribution in [0.3, 0.4) is 0 Å². The van der Waals surface area contributed by atoms with Crippen molar-refractivity contribution in [2.75, 3.05) is 14.1 Å². The van der Waals surface area contributed by atoms with Gasteiger partial charge in [-0.3, -0.25) is 0 Å². The van der Waals surface area contributed by atoms with Gasteiger partial charge in [0.15, 0.2) is 0 Å². The lowest BCUT2D eigenvalue weighted by molar-refractivity contribution is 0.213. The maximum Gasteiger partial charge on any atom is 0.317 e. The zero-order valence-corrected chi connectivity index (χ0v) is 9.31. The highest BCUT2D eigenvalue weighted by Gasteiger charge is 2.19. The van der Waals surface area contributed by atoms with Crippen LogP contribution in [-0.2, 0) is 0 Å². The molecule has 0 rings (SSSR count). The van der Waals surface area contributed by atoms with Gasteiger partial charge in [0.05, 0.1) is 11.0 Å². The van der Waals surface area contributed by atoms with Crippen molar-refractivity contribution in [3.63, 3.8) is 0 Å². The van der Waals surface area contributed by atoms with Crippen LogP contribution in [0.1, 0.15) is 13.8 Å². The van der Waals surface area contributed by atoms with Gasteiger partial charge in [-0.25, -0.2) is 4.79 Å². The molecule has 0 aromatic carbocycles. The van der Waals surface area contributed by atoms with Crippen LogP contribution in [0.15, 0.2) is 0 Å². The number of carbonyl (C=O) groups is 1. The summed E-state index contributed by atoms with van der Waals surface area (Å²) in [4.78, 5) is 13.0. The minimum atomic E-state index is -0.232. The Kier molecular flexibility index (Phi) is 4.69. The summed E-state index contributed by atoms with van der Waals surface area (Å²) < 4.78 is 0. The van der Waals surface area contributed by atoms with E-state index in [0.29, 0.717) is 4.99 Å². The van der Waals surface area contributed by atoms with Gasteiger partial charge in [-0.2, -0.15) is 0 Å². The maximum absolute atomic E-state index is 11.3. The SMILES string of the molecule is CC(C)C(NC(=O)N(C)C)C(N)=S. The Morgan fingerprint density at radius 2 is 1.92 bits per heavy atom. The minimum Gasteiger partial charge on any atom is -0.392 e. The highest BCUT2D eigenvalue weighted by Crippen LogP contribution is 2.02. The van der Waals surface area contributed by atoms with E-state index in [1.807, 2.05) is 13.8 Å². The van der Waals surface area contributed by atoms with Crippen LogP contribution < -0.4 is 11.1 Å². The number of rotatable bonds is 3. The second kappa shape index (κ2) is 5.01. The minimum absolute atomic E-state index is 0.175. The molecule has 5 heteroatoms. The molecule has 0 aliphatic carbocycles. The molecule has 0 bridgehead atoms. The van der Waals surface area contributed by atoms with Gasteiger partial charge in [0.1, 0.15) is 0 Å². The summed E-state index contributed by atoms with van der Waals surface area (Å²) in [5, 5.41) is 2.74. The monoisotopic (exact) mass is 203 g/mol. The molecular formula is C8H17N3OS. The molecule has 76 valence electrons. The van der Waals surface area contributed by atoms with Gasteiger partial charge in [-0.1, -0.05) is 26.1 Å². The third-order valence-electron chi connectivity index (χ3n) is 1.66. The number of thiocarbonyl (C=S) groups is 1. The van der Waals surface area contributed by atoms with E-state index >= 15 is 0 Å². The maximum atomic E-state index is 11.3. The molecule has 13 heavy (non-hydrogen) atoms. The average Bonchev–Trinajstić information content (AvgIpc) is 1.97. The van der Waals surface area contributed by atoms with Crippen molar-refractivity contribution in [3.05, 3.63) is 0 Å². The number of nitrogens with one attached hydrogen (secondary N) is 1. The molecule has 0 heterocycles. The Morgan fingerprint density at radius 1 is 1.46 bits per heavy atom. The molecule has 0 aliphatic heterocycles. The van der Waals surface area contributed by atoms with Gasteiger partial charge < -0.3 is 16.0 Å². The van der Waals surface area contributed by atoms with Gasteiger partial charge in [0.2, 0.25) is 0 Å². The normalized spacial score (nSPS) is 12.4. The van der Waals surface area contributed by atoms with E-state index in [1.165, 1.54) is 4.90 Å². The number of nitrogens with two attached hydrogens (primary N) is 1. The quantitative estimate of drug-likeness (QED) is 0.659. The lowest BCUT2D eigenvalue weighted by atomic mass is 10.1. The first-order valence-electron chi connectivity index (χ1n) is 4.13. The first-order chi connectivity index (χ1) is 5.86. The fraction of sp³-hybridized carbons (Fsp3) is 0.750. The third kappa shape index (κ3) is 4.07. The van der Waals surface area contributed by atoms with E-state index in [4.69, 9.17) is 18.0 Å². The molecule has 0 aliphatic rings. The molecule has 1 unspecified atom stereocenters. The van der Waals surface area contributed by atoms with Crippen molar-refractivity contribution in [2.45, 2.75) is 19.9 Å². The van der Waals surface area contributed by atoms with Crippen LogP contribution in [0.25, 0.3) is 0 Å². The Morgan fingerprint density at radius 3 is 2.15 bits per heavy atom. The molecule has 2 amide bonds. The van der Waals surface area contributed by atoms with E-state index in [0.717, 1.165) is 0 Å². The van der Waals surface area contributed by atoms with Crippen LogP contribution in [0.5, 0.6) is 0 Å². The molecule has 4 nitrogen and oxygen atoms in total. The number of amides is 2. The van der Waals surface area contributed by atoms with Crippen LogP contribution in [0, 0.1) is 5.92 Å². The van der Waals surface area contributed by atoms with Crippen LogP contribution in [0.4, 0.5) is 4.79 Å². The summed E-state index contributed by atoms with van der Waals surface area (Å²) in [6.07, 6.45) is 0. The number of urea groups is 1. The number of hydrogen-bond acceptors (Lipinski definition) is 2. The van der Waals surface area contributed by atoms with Crippen molar-refractivity contribution in [3.8, 4) is 0 Å². The fourth-order valence-electron chi connectivity index (χ4n) is 0.828. The molecule has 0 saturated heterocycles. The Labute approximate surface area is 84.5 Å². The molecule has 0 spiro atoms. The standard InChI is InChI=1S/C8H17N3OS/c1-5(2)6(7(9)13)10-8(12)11(3)4/h5-6H,1-4H3,(H2,9,13)(H,10,12). The molecule has 0 aromatic heterocycles. The van der Waals surface area contributed by atoms with E-state index in [2.05, 4.69) is 5.32 Å². The number of hydrogen-bond donors (Lipinski definition) is 2. The van der Waals surface area contributed by atoms with E-state index in [-0.39, 0.29) is 18.0 Å². The summed E-state index contributed by atoms with van der Waals surface area (Å²) in [5.41, 5.74) is 5.48. The Bertz CT molecular complexity index is 204. The third-order valence-corrected chi connectivity index (χ3v) is 1.91. The highest BCUT2D eigenvalue weighted by molar-refractivity contribution is 7.80. The smallest absolute Gasteiger partial charge is 0.317 e. The molecule has 1 atom stereocenters. The zero-order chi connectivity index (χ0) is 10.6. The van der Waals surface area contributed by atoms with Gasteiger partial charge in [-0.15, -0.1) is 0 Å². The molecular weight excluding hydrogens is 186 g/mol. The van der Waals surface area contributed by atoms with E-state index < -0.39 is 0 Å². The van der Waals surface area contributed by atoms with E-state index in [9.17, 15) is 4.79 Å². The van der Waals surface area contributed by atoms with Gasteiger partial charge in [0.25, 0.3) is 0 Å². The van der Waals surface area contributed by atoms with Crippen LogP contribution in [0.2, 0.25) is 0 Å². The lowest BCUT2D eigenvalue weighted by Crippen LogP contribution is -2.50. The molecule has 3 N–H and O–H groups in total. The topological polar surface area (TPSA) is 58.4 Å². The largest absolute Gasteiger partial charge is 0.392 e. The van der Waals surface area contributed by atoms with Crippen molar-refractivity contribution in [1.29, 1.82) is 0 Å². The van der Waals surface area contributed by atoms with Gasteiger partial charge in [-0.05, 0) is 5.92 Å². The summed E-state index contributed by atoms with van der Waals surface area (Å²) in [7, 11) is 3.35. The summed E-state index contributed by atoms with van der Waals surface area (Å²) in [5.74, 6) is 0.210. The Hall–Kier alpha value is -0.840. The summed E-state index contributed by atoms with van der Waals surface area (Å²) >= 11 is 4.84. The summed E-state index contributed by atoms with van der Waals surface area (Å²) in [6.45, 7) is 3.92. The first kappa shape index (κ1) is 12.2. The van der Waals surface area contributed by atoms with Crippen molar-refractivity contribution in [2.24, 2.45) is 11.7 Å². The average molecular weight is 203 g/mol. The Balaban J connectivity index is 4.27. The molecule has 0 fully saturated rings. The van der Waals surface area contributed by atoms with Gasteiger partial charge >= 0.3 is 6.03 Å². The van der Waals surface area contributed by atoms with Crippen molar-refractivity contribution < 1.29 is 4.79 Å². The fourth-order valence-corrected chi connectivity index (χ4v) is 1.16. The van der Waals surface area contributed by atoms with Gasteiger partial charge in [0, 0.05) is 14.1 Å². The molecule has 0 aromatic rings. The number of carbonyl (C=O) groups excluding carboxylic acids is 1. The predicted octanol–water partition coefficient (Wildman–Crippen LogP) is 0.568. The molecule has 0 radical (unpaired) electrons. The van der Waals surface area contributed by atoms with Crippen molar-refractivity contribution >= 4 is 23.2 Å². The first-order valence-corrected chi connectivity index (χ1v) is 4.54. The van der Waals surface area contributed by atoms with E-state index in [1.54, 1.807) is 14.1 Å². The highest BCUT2D eigenvalue weighted by atomic mass is 32.1. The van der Waals surface area contributed by atoms with Crippen LogP contribution >= 0.6 is 12.2 Å². The molecule has 0 saturated carbocycles. The number of nitrogens with zero attached hydrogens (tertiary/aromatic N) is 1. The second-order valence-electron chi connectivity index (χ2n) is 3.47. The second-order valence-corrected chi connectivity index (χ2v) is 3.94. The lowest BCUT2D eigenvalue weighted by Gasteiger charge is -2.23. The zero-order valence-electron chi connectivity index (χ0n) is 8.50. The summed E-state index contributed by atoms with van der Waals surface area (Å²) in [6, 6.07) is -0.406.